The molecule has 3 N–H and O–H groups in total. The third-order valence-electron chi connectivity index (χ3n) is 5.61. The molecule has 0 saturated carbocycles. The van der Waals surface area contributed by atoms with E-state index in [1.165, 1.54) is 17.5 Å². The first-order valence-corrected chi connectivity index (χ1v) is 11.5. The molecule has 7 nitrogen and oxygen atoms in total. The molecule has 1 aromatic carbocycles. The lowest BCUT2D eigenvalue weighted by Gasteiger charge is -2.36. The maximum Gasteiger partial charge on any atom is 0.323 e. The number of thiazole rings is 1. The second kappa shape index (κ2) is 9.27. The Balaban J connectivity index is 1.39. The van der Waals surface area contributed by atoms with Crippen molar-refractivity contribution in [3.63, 3.8) is 0 Å². The molecule has 10 heteroatoms. The van der Waals surface area contributed by atoms with Gasteiger partial charge in [-0.25, -0.2) is 14.2 Å². The van der Waals surface area contributed by atoms with Crippen LogP contribution < -0.4 is 5.32 Å². The van der Waals surface area contributed by atoms with Crippen molar-refractivity contribution in [1.29, 1.82) is 0 Å². The minimum absolute atomic E-state index is 0.0742. The molecule has 2 amide bonds. The van der Waals surface area contributed by atoms with Crippen LogP contribution in [0.4, 0.5) is 14.3 Å². The summed E-state index contributed by atoms with van der Waals surface area (Å²) in [4.78, 5) is 22.9. The lowest BCUT2D eigenvalue weighted by Crippen LogP contribution is -2.45. The molecule has 0 unspecified atom stereocenters. The number of aliphatic hydroxyl groups excluding tert-OH is 2. The highest BCUT2D eigenvalue weighted by Crippen LogP contribution is 2.39. The fourth-order valence-electron chi connectivity index (χ4n) is 3.81. The number of carbonyl (C=O) groups is 1. The van der Waals surface area contributed by atoms with Gasteiger partial charge in [-0.15, -0.1) is 0 Å². The molecule has 3 aromatic rings. The van der Waals surface area contributed by atoms with Gasteiger partial charge in [0, 0.05) is 38.5 Å². The SMILES string of the molecule is Cc1ccc2nc(NC(=O)N3CCC(F)(c4ncc(C[C@H](O)CO)cc4Cl)CC3)sc2c1. The zero-order chi connectivity index (χ0) is 22.9. The van der Waals surface area contributed by atoms with Crippen LogP contribution in [0.15, 0.2) is 30.5 Å². The minimum atomic E-state index is -1.74. The van der Waals surface area contributed by atoms with E-state index < -0.39 is 11.8 Å². The number of carbonyl (C=O) groups excluding carboxylic acids is 1. The first kappa shape index (κ1) is 22.8. The highest BCUT2D eigenvalue weighted by molar-refractivity contribution is 7.22. The maximum absolute atomic E-state index is 15.7. The van der Waals surface area contributed by atoms with Crippen molar-refractivity contribution in [2.24, 2.45) is 0 Å². The number of urea groups is 1. The molecule has 0 aliphatic carbocycles. The molecular formula is C22H24ClFN4O3S. The highest BCUT2D eigenvalue weighted by Gasteiger charge is 2.40. The molecule has 1 saturated heterocycles. The number of amides is 2. The Morgan fingerprint density at radius 3 is 2.81 bits per heavy atom. The largest absolute Gasteiger partial charge is 0.394 e. The van der Waals surface area contributed by atoms with E-state index in [1.807, 2.05) is 25.1 Å². The summed E-state index contributed by atoms with van der Waals surface area (Å²) in [7, 11) is 0. The van der Waals surface area contributed by atoms with Gasteiger partial charge in [0.2, 0.25) is 0 Å². The Bertz CT molecular complexity index is 1130. The van der Waals surface area contributed by atoms with Crippen molar-refractivity contribution in [1.82, 2.24) is 14.9 Å². The van der Waals surface area contributed by atoms with Gasteiger partial charge in [0.15, 0.2) is 10.8 Å². The van der Waals surface area contributed by atoms with Gasteiger partial charge in [-0.1, -0.05) is 29.0 Å². The smallest absolute Gasteiger partial charge is 0.323 e. The molecule has 2 aromatic heterocycles. The molecule has 1 aliphatic heterocycles. The zero-order valence-corrected chi connectivity index (χ0v) is 19.1. The number of nitrogens with one attached hydrogen (secondary N) is 1. The maximum atomic E-state index is 15.7. The monoisotopic (exact) mass is 478 g/mol. The van der Waals surface area contributed by atoms with Gasteiger partial charge in [0.1, 0.15) is 0 Å². The molecule has 0 bridgehead atoms. The molecular weight excluding hydrogens is 455 g/mol. The fourth-order valence-corrected chi connectivity index (χ4v) is 5.12. The summed E-state index contributed by atoms with van der Waals surface area (Å²) in [5, 5.41) is 22.0. The first-order chi connectivity index (χ1) is 15.3. The van der Waals surface area contributed by atoms with Crippen LogP contribution in [-0.2, 0) is 12.1 Å². The number of likely N-dealkylation sites (tertiary alicyclic amines) is 1. The molecule has 0 radical (unpaired) electrons. The summed E-state index contributed by atoms with van der Waals surface area (Å²) in [6.07, 6.45) is 0.881. The first-order valence-electron chi connectivity index (χ1n) is 10.3. The number of aromatic nitrogens is 2. The summed E-state index contributed by atoms with van der Waals surface area (Å²) < 4.78 is 16.7. The van der Waals surface area contributed by atoms with Crippen molar-refractivity contribution in [2.45, 2.75) is 38.0 Å². The quantitative estimate of drug-likeness (QED) is 0.514. The predicted molar refractivity (Wildman–Crippen MR) is 123 cm³/mol. The fraction of sp³-hybridized carbons (Fsp3) is 0.409. The molecule has 4 rings (SSSR count). The number of halogens is 2. The van der Waals surface area contributed by atoms with E-state index in [4.69, 9.17) is 16.7 Å². The topological polar surface area (TPSA) is 98.6 Å². The lowest BCUT2D eigenvalue weighted by molar-refractivity contribution is 0.0683. The minimum Gasteiger partial charge on any atom is -0.394 e. The van der Waals surface area contributed by atoms with E-state index in [9.17, 15) is 9.90 Å². The average Bonchev–Trinajstić information content (AvgIpc) is 3.15. The number of piperidine rings is 1. The van der Waals surface area contributed by atoms with Crippen LogP contribution >= 0.6 is 22.9 Å². The second-order valence-electron chi connectivity index (χ2n) is 8.09. The number of aryl methyl sites for hydroxylation is 1. The summed E-state index contributed by atoms with van der Waals surface area (Å²) in [6, 6.07) is 7.17. The Morgan fingerprint density at radius 1 is 1.38 bits per heavy atom. The van der Waals surface area contributed by atoms with Crippen molar-refractivity contribution < 1.29 is 19.4 Å². The van der Waals surface area contributed by atoms with Crippen LogP contribution in [0.1, 0.15) is 29.7 Å². The number of nitrogens with zero attached hydrogens (tertiary/aromatic N) is 3. The van der Waals surface area contributed by atoms with Crippen LogP contribution in [0.25, 0.3) is 10.2 Å². The van der Waals surface area contributed by atoms with Crippen molar-refractivity contribution in [3.05, 3.63) is 52.3 Å². The van der Waals surface area contributed by atoms with Crippen LogP contribution in [0.5, 0.6) is 0 Å². The summed E-state index contributed by atoms with van der Waals surface area (Å²) in [6.45, 7) is 2.06. The van der Waals surface area contributed by atoms with Crippen LogP contribution in [-0.4, -0.2) is 56.9 Å². The number of benzene rings is 1. The van der Waals surface area contributed by atoms with Crippen molar-refractivity contribution >= 4 is 44.3 Å². The normalized spacial score (nSPS) is 16.8. The Labute approximate surface area is 193 Å². The Kier molecular flexibility index (Phi) is 6.62. The van der Waals surface area contributed by atoms with E-state index in [2.05, 4.69) is 15.3 Å². The van der Waals surface area contributed by atoms with Gasteiger partial charge in [-0.2, -0.15) is 0 Å². The number of alkyl halides is 1. The predicted octanol–water partition coefficient (Wildman–Crippen LogP) is 4.04. The Hall–Kier alpha value is -2.33. The van der Waals surface area contributed by atoms with E-state index >= 15 is 4.39 Å². The van der Waals surface area contributed by atoms with Crippen LogP contribution in [0.3, 0.4) is 0 Å². The van der Waals surface area contributed by atoms with Crippen molar-refractivity contribution in [2.75, 3.05) is 25.0 Å². The Morgan fingerprint density at radius 2 is 2.12 bits per heavy atom. The van der Waals surface area contributed by atoms with E-state index in [-0.39, 0.29) is 55.7 Å². The summed E-state index contributed by atoms with van der Waals surface area (Å²) in [5.74, 6) is 0. The van der Waals surface area contributed by atoms with E-state index in [0.29, 0.717) is 10.7 Å². The molecule has 3 heterocycles. The van der Waals surface area contributed by atoms with Gasteiger partial charge in [0.25, 0.3) is 0 Å². The number of pyridine rings is 1. The van der Waals surface area contributed by atoms with Crippen LogP contribution in [0, 0.1) is 6.92 Å². The summed E-state index contributed by atoms with van der Waals surface area (Å²) >= 11 is 7.69. The van der Waals surface area contributed by atoms with E-state index in [1.54, 1.807) is 11.0 Å². The van der Waals surface area contributed by atoms with Crippen LogP contribution in [0.2, 0.25) is 5.02 Å². The number of hydrogen-bond acceptors (Lipinski definition) is 6. The molecule has 1 fully saturated rings. The standard InChI is InChI=1S/C22H24ClFN4O3S/c1-13-2-3-17-18(8-13)32-20(26-17)27-21(31)28-6-4-22(24,5-7-28)19-16(23)10-14(11-25-19)9-15(30)12-29/h2-3,8,10-11,15,29-30H,4-7,9,12H2,1H3,(H,26,27,31)/t15-/m0/s1. The second-order valence-corrected chi connectivity index (χ2v) is 9.53. The third kappa shape index (κ3) is 4.85. The lowest BCUT2D eigenvalue weighted by atomic mass is 9.89. The highest BCUT2D eigenvalue weighted by atomic mass is 35.5. The van der Waals surface area contributed by atoms with Gasteiger partial charge in [-0.05, 0) is 36.2 Å². The summed E-state index contributed by atoms with van der Waals surface area (Å²) in [5.41, 5.74) is 0.969. The number of fused-ring (bicyclic) bond motifs is 1. The number of aliphatic hydroxyl groups is 2. The number of rotatable bonds is 5. The van der Waals surface area contributed by atoms with Gasteiger partial charge < -0.3 is 15.1 Å². The molecule has 170 valence electrons. The average molecular weight is 479 g/mol. The number of anilines is 1. The molecule has 1 atom stereocenters. The molecule has 0 spiro atoms. The van der Waals surface area contributed by atoms with Gasteiger partial charge >= 0.3 is 6.03 Å². The molecule has 1 aliphatic rings. The van der Waals surface area contributed by atoms with E-state index in [0.717, 1.165) is 15.8 Å². The zero-order valence-electron chi connectivity index (χ0n) is 17.5. The third-order valence-corrected chi connectivity index (χ3v) is 6.83. The van der Waals surface area contributed by atoms with Gasteiger partial charge in [-0.3, -0.25) is 10.3 Å². The van der Waals surface area contributed by atoms with Crippen molar-refractivity contribution in [3.8, 4) is 0 Å². The molecule has 32 heavy (non-hydrogen) atoms. The van der Waals surface area contributed by atoms with Gasteiger partial charge in [0.05, 0.1) is 33.6 Å². The number of hydrogen-bond donors (Lipinski definition) is 3.